The molecule has 0 radical (unpaired) electrons. The van der Waals surface area contributed by atoms with Crippen molar-refractivity contribution in [2.45, 2.75) is 18.9 Å². The van der Waals surface area contributed by atoms with E-state index in [4.69, 9.17) is 4.74 Å². The number of aryl methyl sites for hydroxylation is 1. The van der Waals surface area contributed by atoms with E-state index in [1.165, 1.54) is 6.20 Å². The molecule has 0 unspecified atom stereocenters. The lowest BCUT2D eigenvalue weighted by atomic mass is 10.4. The van der Waals surface area contributed by atoms with Gasteiger partial charge in [0.05, 0.1) is 24.3 Å². The Bertz CT molecular complexity index is 773. The van der Waals surface area contributed by atoms with Crippen molar-refractivity contribution < 1.29 is 14.3 Å². The van der Waals surface area contributed by atoms with E-state index in [-0.39, 0.29) is 18.3 Å². The molecule has 0 spiro atoms. The minimum Gasteiger partial charge on any atom is -0.462 e. The van der Waals surface area contributed by atoms with E-state index in [0.29, 0.717) is 20.7 Å². The fraction of sp³-hybridized carbons (Fsp3) is 0.333. The van der Waals surface area contributed by atoms with Crippen LogP contribution in [0.25, 0.3) is 0 Å². The van der Waals surface area contributed by atoms with Crippen molar-refractivity contribution >= 4 is 40.1 Å². The van der Waals surface area contributed by atoms with Crippen LogP contribution in [-0.4, -0.2) is 44.4 Å². The summed E-state index contributed by atoms with van der Waals surface area (Å²) in [6, 6.07) is 0. The van der Waals surface area contributed by atoms with Gasteiger partial charge in [0.15, 0.2) is 5.13 Å². The Balaban J connectivity index is 1.94. The predicted molar refractivity (Wildman–Crippen MR) is 84.8 cm³/mol. The first-order valence-electron chi connectivity index (χ1n) is 6.48. The van der Waals surface area contributed by atoms with Crippen LogP contribution in [0, 0.1) is 6.92 Å². The maximum absolute atomic E-state index is 11.9. The van der Waals surface area contributed by atoms with Crippen molar-refractivity contribution in [2.75, 3.05) is 17.7 Å². The number of nitrogens with zero attached hydrogens (tertiary/aromatic N) is 3. The van der Waals surface area contributed by atoms with Gasteiger partial charge in [-0.3, -0.25) is 4.79 Å². The molecule has 0 atom stereocenters. The average Bonchev–Trinajstić information content (AvgIpc) is 2.86. The SMILES string of the molecule is CCOC(=O)c1sc(NC(=O)CSc2cn[nH]c(=O)n2)nc1C. The van der Waals surface area contributed by atoms with Crippen molar-refractivity contribution in [3.63, 3.8) is 0 Å². The van der Waals surface area contributed by atoms with Crippen molar-refractivity contribution in [2.24, 2.45) is 0 Å². The van der Waals surface area contributed by atoms with Gasteiger partial charge < -0.3 is 10.1 Å². The van der Waals surface area contributed by atoms with Crippen molar-refractivity contribution in [3.8, 4) is 0 Å². The minimum absolute atomic E-state index is 0.0332. The number of rotatable bonds is 6. The first kappa shape index (κ1) is 17.1. The van der Waals surface area contributed by atoms with Gasteiger partial charge in [0, 0.05) is 0 Å². The summed E-state index contributed by atoms with van der Waals surface area (Å²) in [5, 5.41) is 8.97. The fourth-order valence-corrected chi connectivity index (χ4v) is 3.00. The highest BCUT2D eigenvalue weighted by atomic mass is 32.2. The number of hydrogen-bond acceptors (Lipinski definition) is 9. The smallest absolute Gasteiger partial charge is 0.362 e. The van der Waals surface area contributed by atoms with E-state index in [0.717, 1.165) is 23.1 Å². The number of aromatic nitrogens is 4. The van der Waals surface area contributed by atoms with E-state index in [9.17, 15) is 14.4 Å². The molecule has 11 heteroatoms. The van der Waals surface area contributed by atoms with Crippen molar-refractivity contribution in [1.82, 2.24) is 20.2 Å². The predicted octanol–water partition coefficient (Wildman–Crippen LogP) is 0.837. The lowest BCUT2D eigenvalue weighted by Gasteiger charge is -2.00. The Morgan fingerprint density at radius 1 is 1.43 bits per heavy atom. The second-order valence-corrected chi connectivity index (χ2v) is 6.11. The summed E-state index contributed by atoms with van der Waals surface area (Å²) in [7, 11) is 0. The Morgan fingerprint density at radius 3 is 2.91 bits per heavy atom. The molecule has 1 amide bonds. The number of esters is 1. The number of ether oxygens (including phenoxy) is 1. The summed E-state index contributed by atoms with van der Waals surface area (Å²) in [5.74, 6) is -0.761. The quantitative estimate of drug-likeness (QED) is 0.576. The molecule has 2 N–H and O–H groups in total. The van der Waals surface area contributed by atoms with Gasteiger partial charge >= 0.3 is 11.7 Å². The number of nitrogens with one attached hydrogen (secondary N) is 2. The van der Waals surface area contributed by atoms with Crippen LogP contribution < -0.4 is 11.0 Å². The molecule has 0 fully saturated rings. The zero-order valence-electron chi connectivity index (χ0n) is 12.3. The third kappa shape index (κ3) is 4.86. The molecule has 2 rings (SSSR count). The largest absolute Gasteiger partial charge is 0.462 e. The van der Waals surface area contributed by atoms with Crippen LogP contribution in [0.15, 0.2) is 16.0 Å². The summed E-state index contributed by atoms with van der Waals surface area (Å²) < 4.78 is 4.91. The van der Waals surface area contributed by atoms with Gasteiger partial charge in [0.2, 0.25) is 5.91 Å². The molecule has 0 bridgehead atoms. The highest BCUT2D eigenvalue weighted by Gasteiger charge is 2.17. The molecule has 2 aromatic heterocycles. The highest BCUT2D eigenvalue weighted by Crippen LogP contribution is 2.23. The van der Waals surface area contributed by atoms with E-state index in [1.54, 1.807) is 13.8 Å². The summed E-state index contributed by atoms with van der Waals surface area (Å²) in [4.78, 5) is 42.7. The lowest BCUT2D eigenvalue weighted by molar-refractivity contribution is -0.113. The molecule has 0 aliphatic rings. The number of amides is 1. The van der Waals surface area contributed by atoms with Gasteiger partial charge in [-0.2, -0.15) is 10.1 Å². The molecule has 23 heavy (non-hydrogen) atoms. The first-order chi connectivity index (χ1) is 11.0. The molecule has 122 valence electrons. The molecule has 2 aromatic rings. The van der Waals surface area contributed by atoms with Crippen LogP contribution in [0.2, 0.25) is 0 Å². The van der Waals surface area contributed by atoms with Crippen LogP contribution >= 0.6 is 23.1 Å². The molecular formula is C12H13N5O4S2. The van der Waals surface area contributed by atoms with E-state index >= 15 is 0 Å². The molecule has 0 aliphatic heterocycles. The van der Waals surface area contributed by atoms with Crippen LogP contribution in [0.1, 0.15) is 22.3 Å². The topological polar surface area (TPSA) is 127 Å². The summed E-state index contributed by atoms with van der Waals surface area (Å²) >= 11 is 2.12. The van der Waals surface area contributed by atoms with Gasteiger partial charge in [-0.15, -0.1) is 0 Å². The number of thioether (sulfide) groups is 1. The molecule has 0 saturated carbocycles. The van der Waals surface area contributed by atoms with E-state index in [1.807, 2.05) is 0 Å². The van der Waals surface area contributed by atoms with Gasteiger partial charge in [-0.1, -0.05) is 23.1 Å². The third-order valence-corrected chi connectivity index (χ3v) is 4.35. The highest BCUT2D eigenvalue weighted by molar-refractivity contribution is 7.99. The number of H-pyrrole nitrogens is 1. The molecule has 2 heterocycles. The number of carbonyl (C=O) groups is 2. The van der Waals surface area contributed by atoms with Crippen LogP contribution in [0.3, 0.4) is 0 Å². The Labute approximate surface area is 138 Å². The van der Waals surface area contributed by atoms with E-state index in [2.05, 4.69) is 25.5 Å². The van der Waals surface area contributed by atoms with Crippen molar-refractivity contribution in [1.29, 1.82) is 0 Å². The van der Waals surface area contributed by atoms with Gasteiger partial charge in [-0.05, 0) is 13.8 Å². The number of anilines is 1. The summed E-state index contributed by atoms with van der Waals surface area (Å²) in [6.07, 6.45) is 1.35. The molecule has 0 aromatic carbocycles. The average molecular weight is 355 g/mol. The van der Waals surface area contributed by atoms with Crippen LogP contribution in [-0.2, 0) is 9.53 Å². The normalized spacial score (nSPS) is 10.3. The molecule has 9 nitrogen and oxygen atoms in total. The Kier molecular flexibility index (Phi) is 5.82. The van der Waals surface area contributed by atoms with Gasteiger partial charge in [0.1, 0.15) is 9.90 Å². The molecular weight excluding hydrogens is 342 g/mol. The minimum atomic E-state index is -0.579. The molecule has 0 saturated heterocycles. The Hall–Kier alpha value is -2.27. The Morgan fingerprint density at radius 2 is 2.22 bits per heavy atom. The number of hydrogen-bond donors (Lipinski definition) is 2. The van der Waals surface area contributed by atoms with Crippen LogP contribution in [0.4, 0.5) is 5.13 Å². The second-order valence-electron chi connectivity index (χ2n) is 4.12. The van der Waals surface area contributed by atoms with Crippen molar-refractivity contribution in [3.05, 3.63) is 27.3 Å². The fourth-order valence-electron chi connectivity index (χ4n) is 1.50. The second kappa shape index (κ2) is 7.83. The van der Waals surface area contributed by atoms with Gasteiger partial charge in [-0.25, -0.2) is 19.7 Å². The first-order valence-corrected chi connectivity index (χ1v) is 8.28. The van der Waals surface area contributed by atoms with Gasteiger partial charge in [0.25, 0.3) is 0 Å². The molecule has 0 aliphatic carbocycles. The maximum atomic E-state index is 11.9. The number of carbonyl (C=O) groups excluding carboxylic acids is 2. The monoisotopic (exact) mass is 355 g/mol. The maximum Gasteiger partial charge on any atom is 0.362 e. The third-order valence-electron chi connectivity index (χ3n) is 2.40. The lowest BCUT2D eigenvalue weighted by Crippen LogP contribution is -2.16. The zero-order valence-corrected chi connectivity index (χ0v) is 13.9. The van der Waals surface area contributed by atoms with E-state index < -0.39 is 11.7 Å². The van der Waals surface area contributed by atoms with Crippen LogP contribution in [0.5, 0.6) is 0 Å². The number of aromatic amines is 1. The summed E-state index contributed by atoms with van der Waals surface area (Å²) in [6.45, 7) is 3.65. The zero-order chi connectivity index (χ0) is 16.8. The standard InChI is InChI=1S/C12H13N5O4S2/c1-3-21-10(19)9-6(2)14-12(23-9)15-7(18)5-22-8-4-13-17-11(20)16-8/h4H,3,5H2,1-2H3,(H,14,15,18)(H,16,17,20). The number of thiazole rings is 1. The summed E-state index contributed by atoms with van der Waals surface area (Å²) in [5.41, 5.74) is -0.0816.